The number of anilines is 1. The zero-order valence-electron chi connectivity index (χ0n) is 16.3. The third-order valence-corrected chi connectivity index (χ3v) is 6.57. The van der Waals surface area contributed by atoms with Gasteiger partial charge in [-0.25, -0.2) is 13.2 Å². The second kappa shape index (κ2) is 9.19. The van der Waals surface area contributed by atoms with Crippen molar-refractivity contribution in [2.24, 2.45) is 0 Å². The Bertz CT molecular complexity index is 978. The van der Waals surface area contributed by atoms with E-state index in [1.54, 1.807) is 18.2 Å². The standard InChI is InChI=1S/C21H24N2O5S/c1-16(24)22-18-7-6-8-19(15-18)28-21(25)17-9-11-20(12-10-17)29(26,27)23-13-4-2-3-5-14-23/h6-12,15H,2-5,13-14H2,1H3,(H,22,24). The van der Waals surface area contributed by atoms with Crippen LogP contribution in [0.1, 0.15) is 43.0 Å². The zero-order chi connectivity index (χ0) is 20.9. The van der Waals surface area contributed by atoms with Crippen molar-refractivity contribution in [3.05, 3.63) is 54.1 Å². The Balaban J connectivity index is 1.71. The Labute approximate surface area is 170 Å². The first-order chi connectivity index (χ1) is 13.9. The van der Waals surface area contributed by atoms with Gasteiger partial charge in [0, 0.05) is 31.8 Å². The first kappa shape index (κ1) is 21.0. The van der Waals surface area contributed by atoms with Crippen LogP contribution in [0.15, 0.2) is 53.4 Å². The van der Waals surface area contributed by atoms with E-state index in [0.29, 0.717) is 18.8 Å². The number of sulfonamides is 1. The third-order valence-electron chi connectivity index (χ3n) is 4.66. The maximum atomic E-state index is 12.8. The number of hydrogen-bond acceptors (Lipinski definition) is 5. The van der Waals surface area contributed by atoms with E-state index in [0.717, 1.165) is 25.7 Å². The van der Waals surface area contributed by atoms with Crippen LogP contribution in [0.2, 0.25) is 0 Å². The van der Waals surface area contributed by atoms with E-state index < -0.39 is 16.0 Å². The van der Waals surface area contributed by atoms with Crippen molar-refractivity contribution in [1.82, 2.24) is 4.31 Å². The minimum atomic E-state index is -3.56. The van der Waals surface area contributed by atoms with Crippen molar-refractivity contribution in [3.63, 3.8) is 0 Å². The molecule has 1 amide bonds. The molecule has 0 aromatic heterocycles. The molecule has 1 saturated heterocycles. The molecule has 2 aromatic carbocycles. The van der Waals surface area contributed by atoms with Crippen LogP contribution in [0, 0.1) is 0 Å². The highest BCUT2D eigenvalue weighted by atomic mass is 32.2. The Morgan fingerprint density at radius 3 is 2.24 bits per heavy atom. The fraction of sp³-hybridized carbons (Fsp3) is 0.333. The van der Waals surface area contributed by atoms with Gasteiger partial charge in [0.05, 0.1) is 10.5 Å². The van der Waals surface area contributed by atoms with Crippen LogP contribution in [0.5, 0.6) is 5.75 Å². The summed E-state index contributed by atoms with van der Waals surface area (Å²) >= 11 is 0. The van der Waals surface area contributed by atoms with Crippen LogP contribution in [-0.4, -0.2) is 37.7 Å². The predicted molar refractivity (Wildman–Crippen MR) is 109 cm³/mol. The van der Waals surface area contributed by atoms with Crippen molar-refractivity contribution < 1.29 is 22.7 Å². The molecule has 0 atom stereocenters. The molecule has 1 N–H and O–H groups in total. The van der Waals surface area contributed by atoms with Gasteiger partial charge < -0.3 is 10.1 Å². The summed E-state index contributed by atoms with van der Waals surface area (Å²) in [5.74, 6) is -0.555. The topological polar surface area (TPSA) is 92.8 Å². The quantitative estimate of drug-likeness (QED) is 0.595. The van der Waals surface area contributed by atoms with Crippen LogP contribution >= 0.6 is 0 Å². The highest BCUT2D eigenvalue weighted by molar-refractivity contribution is 7.89. The molecular weight excluding hydrogens is 392 g/mol. The normalized spacial score (nSPS) is 15.3. The Kier molecular flexibility index (Phi) is 6.66. The van der Waals surface area contributed by atoms with Gasteiger partial charge in [0.1, 0.15) is 5.75 Å². The highest BCUT2D eigenvalue weighted by Gasteiger charge is 2.25. The van der Waals surface area contributed by atoms with E-state index in [9.17, 15) is 18.0 Å². The summed E-state index contributed by atoms with van der Waals surface area (Å²) < 4.78 is 32.5. The molecule has 3 rings (SSSR count). The molecule has 0 unspecified atom stereocenters. The lowest BCUT2D eigenvalue weighted by atomic mass is 10.2. The van der Waals surface area contributed by atoms with Gasteiger partial charge in [0.2, 0.25) is 15.9 Å². The van der Waals surface area contributed by atoms with Crippen molar-refractivity contribution >= 4 is 27.6 Å². The van der Waals surface area contributed by atoms with Crippen molar-refractivity contribution in [2.45, 2.75) is 37.5 Å². The first-order valence-corrected chi connectivity index (χ1v) is 11.0. The molecule has 0 aliphatic carbocycles. The molecule has 0 spiro atoms. The number of carbonyl (C=O) groups is 2. The number of amides is 1. The van der Waals surface area contributed by atoms with Gasteiger partial charge in [-0.2, -0.15) is 4.31 Å². The van der Waals surface area contributed by atoms with Gasteiger partial charge in [-0.3, -0.25) is 4.79 Å². The first-order valence-electron chi connectivity index (χ1n) is 9.56. The van der Waals surface area contributed by atoms with Gasteiger partial charge in [-0.1, -0.05) is 18.9 Å². The number of hydrogen-bond donors (Lipinski definition) is 1. The Morgan fingerprint density at radius 1 is 0.966 bits per heavy atom. The van der Waals surface area contributed by atoms with Gasteiger partial charge in [0.15, 0.2) is 0 Å². The summed E-state index contributed by atoms with van der Waals surface area (Å²) in [5.41, 5.74) is 0.756. The molecule has 1 heterocycles. The molecule has 0 saturated carbocycles. The number of ether oxygens (including phenoxy) is 1. The van der Waals surface area contributed by atoms with Gasteiger partial charge in [-0.05, 0) is 49.2 Å². The van der Waals surface area contributed by atoms with Crippen LogP contribution < -0.4 is 10.1 Å². The van der Waals surface area contributed by atoms with E-state index in [1.807, 2.05) is 0 Å². The number of carbonyl (C=O) groups excluding carboxylic acids is 2. The van der Waals surface area contributed by atoms with Gasteiger partial charge in [0.25, 0.3) is 0 Å². The molecule has 0 radical (unpaired) electrons. The second-order valence-corrected chi connectivity index (χ2v) is 8.88. The van der Waals surface area contributed by atoms with E-state index in [1.165, 1.54) is 41.6 Å². The van der Waals surface area contributed by atoms with E-state index in [-0.39, 0.29) is 22.1 Å². The molecule has 1 aliphatic rings. The minimum Gasteiger partial charge on any atom is -0.423 e. The minimum absolute atomic E-state index is 0.170. The number of nitrogens with zero attached hydrogens (tertiary/aromatic N) is 1. The van der Waals surface area contributed by atoms with Gasteiger partial charge >= 0.3 is 5.97 Å². The van der Waals surface area contributed by atoms with E-state index in [2.05, 4.69) is 5.32 Å². The van der Waals surface area contributed by atoms with Crippen LogP contribution in [0.25, 0.3) is 0 Å². The molecular formula is C21H24N2O5S. The summed E-state index contributed by atoms with van der Waals surface area (Å²) in [4.78, 5) is 23.7. The molecule has 1 aliphatic heterocycles. The lowest BCUT2D eigenvalue weighted by Crippen LogP contribution is -2.31. The summed E-state index contributed by atoms with van der Waals surface area (Å²) in [7, 11) is -3.56. The lowest BCUT2D eigenvalue weighted by Gasteiger charge is -2.20. The lowest BCUT2D eigenvalue weighted by molar-refractivity contribution is -0.114. The SMILES string of the molecule is CC(=O)Nc1cccc(OC(=O)c2ccc(S(=O)(=O)N3CCCCCC3)cc2)c1. The monoisotopic (exact) mass is 416 g/mol. The maximum Gasteiger partial charge on any atom is 0.343 e. The summed E-state index contributed by atoms with van der Waals surface area (Å²) in [6, 6.07) is 12.2. The van der Waals surface area contributed by atoms with E-state index >= 15 is 0 Å². The zero-order valence-corrected chi connectivity index (χ0v) is 17.1. The van der Waals surface area contributed by atoms with Crippen molar-refractivity contribution in [2.75, 3.05) is 18.4 Å². The maximum absolute atomic E-state index is 12.8. The van der Waals surface area contributed by atoms with Crippen LogP contribution in [0.3, 0.4) is 0 Å². The summed E-state index contributed by atoms with van der Waals surface area (Å²) in [6.07, 6.45) is 3.81. The summed E-state index contributed by atoms with van der Waals surface area (Å²) in [6.45, 7) is 2.44. The number of nitrogens with one attached hydrogen (secondary N) is 1. The molecule has 2 aromatic rings. The molecule has 29 heavy (non-hydrogen) atoms. The molecule has 1 fully saturated rings. The fourth-order valence-electron chi connectivity index (χ4n) is 3.20. The number of rotatable bonds is 5. The van der Waals surface area contributed by atoms with E-state index in [4.69, 9.17) is 4.74 Å². The largest absolute Gasteiger partial charge is 0.423 e. The van der Waals surface area contributed by atoms with Crippen molar-refractivity contribution in [1.29, 1.82) is 0 Å². The molecule has 7 nitrogen and oxygen atoms in total. The summed E-state index contributed by atoms with van der Waals surface area (Å²) in [5, 5.41) is 2.62. The second-order valence-electron chi connectivity index (χ2n) is 6.94. The molecule has 0 bridgehead atoms. The molecule has 154 valence electrons. The molecule has 8 heteroatoms. The van der Waals surface area contributed by atoms with Gasteiger partial charge in [-0.15, -0.1) is 0 Å². The average molecular weight is 416 g/mol. The average Bonchev–Trinajstić information content (AvgIpc) is 2.98. The highest BCUT2D eigenvalue weighted by Crippen LogP contribution is 2.22. The van der Waals surface area contributed by atoms with Crippen LogP contribution in [-0.2, 0) is 14.8 Å². The third kappa shape index (κ3) is 5.42. The van der Waals surface area contributed by atoms with Crippen LogP contribution in [0.4, 0.5) is 5.69 Å². The predicted octanol–water partition coefficient (Wildman–Crippen LogP) is 3.43. The Hall–Kier alpha value is -2.71. The number of benzene rings is 2. The van der Waals surface area contributed by atoms with Crippen molar-refractivity contribution in [3.8, 4) is 5.75 Å². The smallest absolute Gasteiger partial charge is 0.343 e. The Morgan fingerprint density at radius 2 is 1.62 bits per heavy atom. The number of esters is 1. The fourth-order valence-corrected chi connectivity index (χ4v) is 4.72.